The normalized spacial score (nSPS) is 36.5. The first-order valence-electron chi connectivity index (χ1n) is 13.3. The second kappa shape index (κ2) is 13.9. The summed E-state index contributed by atoms with van der Waals surface area (Å²) in [5.74, 6) is -2.16. The van der Waals surface area contributed by atoms with Gasteiger partial charge in [0.05, 0.1) is 50.4 Å². The van der Waals surface area contributed by atoms with Crippen molar-refractivity contribution in [3.8, 4) is 0 Å². The van der Waals surface area contributed by atoms with E-state index in [1.165, 1.54) is 0 Å². The molecule has 37 heavy (non-hydrogen) atoms. The van der Waals surface area contributed by atoms with Gasteiger partial charge in [0.15, 0.2) is 18.7 Å². The van der Waals surface area contributed by atoms with Gasteiger partial charge in [-0.2, -0.15) is 0 Å². The van der Waals surface area contributed by atoms with Crippen LogP contribution in [0.2, 0.25) is 0 Å². The summed E-state index contributed by atoms with van der Waals surface area (Å²) >= 11 is 0. The van der Waals surface area contributed by atoms with Crippen LogP contribution in [0.25, 0.3) is 0 Å². The first-order valence-corrected chi connectivity index (χ1v) is 13.3. The van der Waals surface area contributed by atoms with E-state index in [9.17, 15) is 20.1 Å². The molecule has 3 heterocycles. The maximum absolute atomic E-state index is 12.0. The number of hydrogen-bond acceptors (Lipinski definition) is 10. The molecule has 1 aromatic heterocycles. The maximum Gasteiger partial charge on any atom is 0.335 e. The number of aliphatic hydroxyl groups excluding tert-OH is 2. The quantitative estimate of drug-likeness (QED) is 0.316. The number of aliphatic carboxylic acids is 1. The van der Waals surface area contributed by atoms with Crippen LogP contribution in [-0.4, -0.2) is 99.2 Å². The van der Waals surface area contributed by atoms with Crippen molar-refractivity contribution in [1.82, 2.24) is 15.0 Å². The zero-order chi connectivity index (χ0) is 27.1. The number of hydrogen-bond donors (Lipinski definition) is 3. The van der Waals surface area contributed by atoms with Gasteiger partial charge in [0.1, 0.15) is 6.10 Å². The molecule has 0 spiro atoms. The lowest BCUT2D eigenvalue weighted by atomic mass is 9.85. The molecular formula is C25H43N3O9. The highest BCUT2D eigenvalue weighted by atomic mass is 16.7. The molecule has 0 amide bonds. The fraction of sp³-hybridized carbons (Fsp3) is 0.880. The fourth-order valence-corrected chi connectivity index (χ4v) is 4.64. The van der Waals surface area contributed by atoms with Crippen molar-refractivity contribution >= 4 is 5.97 Å². The number of nitrogens with zero attached hydrogens (tertiary/aromatic N) is 3. The van der Waals surface area contributed by atoms with Crippen LogP contribution in [0.1, 0.15) is 53.2 Å². The topological polar surface area (TPSA) is 155 Å². The summed E-state index contributed by atoms with van der Waals surface area (Å²) < 4.78 is 30.6. The van der Waals surface area contributed by atoms with Gasteiger partial charge >= 0.3 is 5.97 Å². The Labute approximate surface area is 218 Å². The SMILES string of the molecule is CCCCc1cn(CCOCCO[C@@H]2OC(C(=O)O)[C@@H](O[C@H]3OC(C)[C@@H](O)[C@H](C)C3C)[C@H](O)C2C)nn1. The van der Waals surface area contributed by atoms with Crippen molar-refractivity contribution in [3.05, 3.63) is 11.9 Å². The summed E-state index contributed by atoms with van der Waals surface area (Å²) in [6.07, 6.45) is -1.62. The predicted molar refractivity (Wildman–Crippen MR) is 130 cm³/mol. The highest BCUT2D eigenvalue weighted by Gasteiger charge is 2.50. The molecule has 2 fully saturated rings. The molecule has 0 aromatic carbocycles. The van der Waals surface area contributed by atoms with E-state index >= 15 is 0 Å². The third-order valence-corrected chi connectivity index (χ3v) is 7.39. The lowest BCUT2D eigenvalue weighted by molar-refractivity contribution is -0.332. The molecule has 12 heteroatoms. The number of carboxylic acids is 1. The van der Waals surface area contributed by atoms with Crippen LogP contribution < -0.4 is 0 Å². The van der Waals surface area contributed by atoms with Gasteiger partial charge in [-0.1, -0.05) is 39.3 Å². The third-order valence-electron chi connectivity index (χ3n) is 7.39. The Morgan fingerprint density at radius 2 is 1.78 bits per heavy atom. The minimum absolute atomic E-state index is 0.125. The maximum atomic E-state index is 12.0. The first kappa shape index (κ1) is 29.9. The van der Waals surface area contributed by atoms with Crippen molar-refractivity contribution in [2.45, 2.75) is 104 Å². The molecule has 2 saturated heterocycles. The Morgan fingerprint density at radius 1 is 1.03 bits per heavy atom. The lowest BCUT2D eigenvalue weighted by Gasteiger charge is -2.46. The number of unbranched alkanes of at least 4 members (excludes halogenated alkanes) is 1. The number of aromatic nitrogens is 3. The summed E-state index contributed by atoms with van der Waals surface area (Å²) in [5, 5.41) is 39.2. The fourth-order valence-electron chi connectivity index (χ4n) is 4.64. The van der Waals surface area contributed by atoms with Crippen LogP contribution in [-0.2, 0) is 41.4 Å². The number of rotatable bonds is 13. The van der Waals surface area contributed by atoms with Gasteiger partial charge in [0.2, 0.25) is 0 Å². The van der Waals surface area contributed by atoms with Crippen molar-refractivity contribution in [1.29, 1.82) is 0 Å². The van der Waals surface area contributed by atoms with Crippen LogP contribution in [0.5, 0.6) is 0 Å². The molecule has 0 bridgehead atoms. The largest absolute Gasteiger partial charge is 0.479 e. The summed E-state index contributed by atoms with van der Waals surface area (Å²) in [7, 11) is 0. The minimum Gasteiger partial charge on any atom is -0.479 e. The van der Waals surface area contributed by atoms with Gasteiger partial charge in [0.25, 0.3) is 0 Å². The molecule has 0 saturated carbocycles. The molecular weight excluding hydrogens is 486 g/mol. The third kappa shape index (κ3) is 7.69. The lowest BCUT2D eigenvalue weighted by Crippen LogP contribution is -2.60. The highest BCUT2D eigenvalue weighted by Crippen LogP contribution is 2.35. The Kier molecular flexibility index (Phi) is 11.2. The molecule has 4 unspecified atom stereocenters. The van der Waals surface area contributed by atoms with E-state index in [2.05, 4.69) is 17.2 Å². The highest BCUT2D eigenvalue weighted by molar-refractivity contribution is 5.73. The van der Waals surface area contributed by atoms with Crippen molar-refractivity contribution in [2.75, 3.05) is 19.8 Å². The molecule has 12 nitrogen and oxygen atoms in total. The number of carboxylic acid groups (broad SMARTS) is 1. The average molecular weight is 530 g/mol. The molecule has 3 N–H and O–H groups in total. The van der Waals surface area contributed by atoms with Gasteiger partial charge in [-0.15, -0.1) is 5.10 Å². The van der Waals surface area contributed by atoms with Crippen molar-refractivity contribution < 1.29 is 43.8 Å². The van der Waals surface area contributed by atoms with Crippen LogP contribution in [0, 0.1) is 17.8 Å². The Bertz CT molecular complexity index is 840. The van der Waals surface area contributed by atoms with E-state index in [0.717, 1.165) is 25.0 Å². The molecule has 212 valence electrons. The number of aryl methyl sites for hydroxylation is 1. The van der Waals surface area contributed by atoms with Gasteiger partial charge in [-0.05, 0) is 25.7 Å². The number of ether oxygens (including phenoxy) is 5. The Morgan fingerprint density at radius 3 is 2.49 bits per heavy atom. The van der Waals surface area contributed by atoms with E-state index in [1.54, 1.807) is 18.5 Å². The van der Waals surface area contributed by atoms with Gasteiger partial charge < -0.3 is 39.0 Å². The molecule has 2 aliphatic rings. The van der Waals surface area contributed by atoms with Crippen molar-refractivity contribution in [3.63, 3.8) is 0 Å². The predicted octanol–water partition coefficient (Wildman–Crippen LogP) is 1.22. The minimum atomic E-state index is -1.44. The van der Waals surface area contributed by atoms with Gasteiger partial charge in [-0.3, -0.25) is 0 Å². The van der Waals surface area contributed by atoms with Crippen LogP contribution >= 0.6 is 0 Å². The Balaban J connectivity index is 1.46. The number of carbonyl (C=O) groups is 1. The van der Waals surface area contributed by atoms with E-state index in [1.807, 2.05) is 20.0 Å². The number of aliphatic hydroxyl groups is 2. The summed E-state index contributed by atoms with van der Waals surface area (Å²) in [6.45, 7) is 10.7. The summed E-state index contributed by atoms with van der Waals surface area (Å²) in [6, 6.07) is 0. The van der Waals surface area contributed by atoms with Crippen molar-refractivity contribution in [2.24, 2.45) is 17.8 Å². The molecule has 0 radical (unpaired) electrons. The molecule has 3 rings (SSSR count). The molecule has 1 aromatic rings. The summed E-state index contributed by atoms with van der Waals surface area (Å²) in [5.41, 5.74) is 0.966. The standard InChI is InChI=1S/C25H43N3O9/c1-6-7-8-18-13-28(27-26-18)9-10-33-11-12-34-24-16(4)20(30)21(22(37-24)23(31)32)36-25-15(3)14(2)19(29)17(5)35-25/h13-17,19-22,24-25,29-30H,6-12H2,1-5H3,(H,31,32)/t14-,15?,16?,17?,19+,20-,21+,22?,24-,25-/m1/s1. The molecule has 10 atom stereocenters. The van der Waals surface area contributed by atoms with Crippen LogP contribution in [0.15, 0.2) is 6.20 Å². The molecule has 2 aliphatic heterocycles. The summed E-state index contributed by atoms with van der Waals surface area (Å²) in [4.78, 5) is 12.0. The monoisotopic (exact) mass is 529 g/mol. The van der Waals surface area contributed by atoms with E-state index in [4.69, 9.17) is 23.7 Å². The van der Waals surface area contributed by atoms with E-state index < -0.39 is 55.0 Å². The smallest absolute Gasteiger partial charge is 0.335 e. The second-order valence-corrected chi connectivity index (χ2v) is 10.2. The average Bonchev–Trinajstić information content (AvgIpc) is 3.33. The second-order valence-electron chi connectivity index (χ2n) is 10.2. The van der Waals surface area contributed by atoms with Gasteiger partial charge in [-0.25, -0.2) is 9.48 Å². The van der Waals surface area contributed by atoms with Crippen LogP contribution in [0.4, 0.5) is 0 Å². The van der Waals surface area contributed by atoms with Gasteiger partial charge in [0, 0.05) is 18.0 Å². The van der Waals surface area contributed by atoms with E-state index in [-0.39, 0.29) is 25.0 Å². The zero-order valence-corrected chi connectivity index (χ0v) is 22.4. The van der Waals surface area contributed by atoms with Crippen LogP contribution in [0.3, 0.4) is 0 Å². The zero-order valence-electron chi connectivity index (χ0n) is 22.4. The first-order chi connectivity index (χ1) is 17.6. The Hall–Kier alpha value is -1.67. The molecule has 0 aliphatic carbocycles. The van der Waals surface area contributed by atoms with E-state index in [0.29, 0.717) is 13.2 Å².